The molecule has 0 bridgehead atoms. The fourth-order valence-corrected chi connectivity index (χ4v) is 4.53. The van der Waals surface area contributed by atoms with Crippen molar-refractivity contribution in [3.8, 4) is 0 Å². The Balaban J connectivity index is 1.71. The molecule has 0 spiro atoms. The van der Waals surface area contributed by atoms with E-state index in [1.807, 2.05) is 59.7 Å². The van der Waals surface area contributed by atoms with E-state index in [2.05, 4.69) is 21.3 Å². The zero-order valence-electron chi connectivity index (χ0n) is 24.1. The lowest BCUT2D eigenvalue weighted by atomic mass is 9.94. The number of nitrogens with one attached hydrogen (secondary N) is 1. The molecule has 9 heteroatoms. The summed E-state index contributed by atoms with van der Waals surface area (Å²) >= 11 is 0. The van der Waals surface area contributed by atoms with Crippen LogP contribution in [0.1, 0.15) is 71.2 Å². The minimum atomic E-state index is -0.615. The number of nitrogens with zero attached hydrogens (tertiary/aromatic N) is 3. The van der Waals surface area contributed by atoms with Gasteiger partial charge in [-0.1, -0.05) is 24.3 Å². The maximum absolute atomic E-state index is 14.5. The second-order valence-corrected chi connectivity index (χ2v) is 12.0. The number of alkyl carbamates (subject to hydrolysis) is 1. The van der Waals surface area contributed by atoms with Crippen molar-refractivity contribution in [2.75, 3.05) is 19.6 Å². The van der Waals surface area contributed by atoms with Crippen molar-refractivity contribution in [2.24, 2.45) is 0 Å². The molecule has 0 radical (unpaired) electrons. The highest BCUT2D eigenvalue weighted by molar-refractivity contribution is 5.69. The number of hydrogen-bond acceptors (Lipinski definition) is 6. The maximum Gasteiger partial charge on any atom is 0.410 e. The molecule has 1 N–H and O–H groups in total. The molecule has 39 heavy (non-hydrogen) atoms. The highest BCUT2D eigenvalue weighted by atomic mass is 19.1. The Morgan fingerprint density at radius 3 is 2.38 bits per heavy atom. The highest BCUT2D eigenvalue weighted by Crippen LogP contribution is 2.26. The molecule has 0 fully saturated rings. The predicted octanol–water partition coefficient (Wildman–Crippen LogP) is 5.69. The molecule has 1 aromatic heterocycles. The SMILES string of the molecule is CC(C)(C)OC(=O)NCCCCN(Cc1ncccc1F)C[C@H]1Cc2ccccc2CN1C(=O)OC(C)(C)C. The number of carbonyl (C=O) groups excluding carboxylic acids is 2. The monoisotopic (exact) mass is 542 g/mol. The van der Waals surface area contributed by atoms with Crippen LogP contribution >= 0.6 is 0 Å². The van der Waals surface area contributed by atoms with Crippen LogP contribution in [0.15, 0.2) is 42.6 Å². The quantitative estimate of drug-likeness (QED) is 0.410. The van der Waals surface area contributed by atoms with Crippen LogP contribution in [0.25, 0.3) is 0 Å². The van der Waals surface area contributed by atoms with Crippen molar-refractivity contribution < 1.29 is 23.5 Å². The van der Waals surface area contributed by atoms with Gasteiger partial charge in [0.05, 0.1) is 11.7 Å². The van der Waals surface area contributed by atoms with Gasteiger partial charge < -0.3 is 14.8 Å². The number of benzene rings is 1. The number of rotatable bonds is 9. The third-order valence-corrected chi connectivity index (χ3v) is 6.23. The van der Waals surface area contributed by atoms with Crippen molar-refractivity contribution >= 4 is 12.2 Å². The number of hydrogen-bond donors (Lipinski definition) is 1. The van der Waals surface area contributed by atoms with Crippen molar-refractivity contribution in [1.82, 2.24) is 20.1 Å². The molecule has 0 saturated heterocycles. The van der Waals surface area contributed by atoms with E-state index < -0.39 is 17.3 Å². The molecule has 3 rings (SSSR count). The van der Waals surface area contributed by atoms with Crippen LogP contribution < -0.4 is 5.32 Å². The number of pyridine rings is 1. The molecule has 0 aliphatic carbocycles. The topological polar surface area (TPSA) is 84.0 Å². The Hall–Kier alpha value is -3.20. The van der Waals surface area contributed by atoms with E-state index in [0.29, 0.717) is 44.8 Å². The average Bonchev–Trinajstić information content (AvgIpc) is 2.82. The summed E-state index contributed by atoms with van der Waals surface area (Å²) in [6.07, 6.45) is 2.96. The van der Waals surface area contributed by atoms with Gasteiger partial charge in [-0.25, -0.2) is 14.0 Å². The van der Waals surface area contributed by atoms with Crippen LogP contribution in [0.5, 0.6) is 0 Å². The summed E-state index contributed by atoms with van der Waals surface area (Å²) in [5.74, 6) is -0.355. The lowest BCUT2D eigenvalue weighted by Gasteiger charge is -2.40. The van der Waals surface area contributed by atoms with Crippen molar-refractivity contribution in [3.05, 3.63) is 65.2 Å². The van der Waals surface area contributed by atoms with Gasteiger partial charge in [0, 0.05) is 32.4 Å². The van der Waals surface area contributed by atoms with E-state index in [-0.39, 0.29) is 18.0 Å². The predicted molar refractivity (Wildman–Crippen MR) is 149 cm³/mol. The van der Waals surface area contributed by atoms with Crippen LogP contribution in [-0.4, -0.2) is 63.8 Å². The first-order valence-electron chi connectivity index (χ1n) is 13.7. The van der Waals surface area contributed by atoms with Gasteiger partial charge in [-0.15, -0.1) is 0 Å². The van der Waals surface area contributed by atoms with E-state index >= 15 is 0 Å². The Morgan fingerprint density at radius 1 is 1.03 bits per heavy atom. The first-order valence-corrected chi connectivity index (χ1v) is 13.7. The highest BCUT2D eigenvalue weighted by Gasteiger charge is 2.34. The Labute approximate surface area is 231 Å². The Morgan fingerprint density at radius 2 is 1.72 bits per heavy atom. The molecule has 2 aromatic rings. The van der Waals surface area contributed by atoms with Crippen LogP contribution in [0.3, 0.4) is 0 Å². The molecule has 2 heterocycles. The Kier molecular flexibility index (Phi) is 10.3. The van der Waals surface area contributed by atoms with Crippen LogP contribution in [0.2, 0.25) is 0 Å². The molecule has 1 aliphatic rings. The van der Waals surface area contributed by atoms with E-state index in [4.69, 9.17) is 9.47 Å². The summed E-state index contributed by atoms with van der Waals surface area (Å²) in [5.41, 5.74) is 1.51. The molecular weight excluding hydrogens is 499 g/mol. The van der Waals surface area contributed by atoms with Gasteiger partial charge in [0.2, 0.25) is 0 Å². The third kappa shape index (κ3) is 10.1. The molecule has 2 amide bonds. The molecular formula is C30H43FN4O4. The fraction of sp³-hybridized carbons (Fsp3) is 0.567. The zero-order valence-corrected chi connectivity index (χ0v) is 24.1. The number of ether oxygens (including phenoxy) is 2. The average molecular weight is 543 g/mol. The van der Waals surface area contributed by atoms with E-state index in [9.17, 15) is 14.0 Å². The van der Waals surface area contributed by atoms with Crippen LogP contribution in [-0.2, 0) is 29.0 Å². The van der Waals surface area contributed by atoms with Crippen molar-refractivity contribution in [3.63, 3.8) is 0 Å². The van der Waals surface area contributed by atoms with E-state index in [1.165, 1.54) is 11.6 Å². The van der Waals surface area contributed by atoms with Gasteiger partial charge in [0.15, 0.2) is 0 Å². The van der Waals surface area contributed by atoms with Gasteiger partial charge in [0.25, 0.3) is 0 Å². The normalized spacial score (nSPS) is 15.6. The number of amides is 2. The number of carbonyl (C=O) groups is 2. The van der Waals surface area contributed by atoms with Gasteiger partial charge in [-0.3, -0.25) is 14.8 Å². The first-order chi connectivity index (χ1) is 18.3. The molecule has 214 valence electrons. The van der Waals surface area contributed by atoms with Crippen LogP contribution in [0, 0.1) is 5.82 Å². The third-order valence-electron chi connectivity index (χ3n) is 6.23. The number of unbranched alkanes of at least 4 members (excludes halogenated alkanes) is 1. The second-order valence-electron chi connectivity index (χ2n) is 12.0. The summed E-state index contributed by atoms with van der Waals surface area (Å²) in [6, 6.07) is 11.0. The summed E-state index contributed by atoms with van der Waals surface area (Å²) < 4.78 is 25.6. The molecule has 1 aromatic carbocycles. The van der Waals surface area contributed by atoms with Gasteiger partial charge in [-0.05, 0) is 90.6 Å². The van der Waals surface area contributed by atoms with E-state index in [0.717, 1.165) is 18.4 Å². The zero-order chi connectivity index (χ0) is 28.6. The van der Waals surface area contributed by atoms with E-state index in [1.54, 1.807) is 17.2 Å². The molecule has 1 aliphatic heterocycles. The maximum atomic E-state index is 14.5. The molecule has 0 saturated carbocycles. The smallest absolute Gasteiger partial charge is 0.410 e. The van der Waals surface area contributed by atoms with Gasteiger partial charge >= 0.3 is 12.2 Å². The lowest BCUT2D eigenvalue weighted by molar-refractivity contribution is 0.00702. The van der Waals surface area contributed by atoms with Crippen molar-refractivity contribution in [1.29, 1.82) is 0 Å². The fourth-order valence-electron chi connectivity index (χ4n) is 4.53. The summed E-state index contributed by atoms with van der Waals surface area (Å²) in [6.45, 7) is 13.5. The standard InChI is InChI=1S/C30H43FN4O4/c1-29(2,3)38-27(36)33-15-9-10-17-34(21-26-25(31)14-11-16-32-26)20-24-18-22-12-7-8-13-23(22)19-35(24)28(37)39-30(4,5)6/h7-8,11-14,16,24H,9-10,15,17-21H2,1-6H3,(H,33,36)/t24-/m1/s1. The summed E-state index contributed by atoms with van der Waals surface area (Å²) in [5, 5.41) is 2.79. The second kappa shape index (κ2) is 13.2. The van der Waals surface area contributed by atoms with Crippen molar-refractivity contribution in [2.45, 2.75) is 91.1 Å². The summed E-state index contributed by atoms with van der Waals surface area (Å²) in [4.78, 5) is 33.4. The minimum absolute atomic E-state index is 0.151. The Bertz CT molecular complexity index is 1110. The molecule has 1 atom stereocenters. The summed E-state index contributed by atoms with van der Waals surface area (Å²) in [7, 11) is 0. The van der Waals surface area contributed by atoms with Gasteiger partial charge in [0.1, 0.15) is 17.0 Å². The number of fused-ring (bicyclic) bond motifs is 1. The first kappa shape index (κ1) is 30.3. The largest absolute Gasteiger partial charge is 0.444 e. The van der Waals surface area contributed by atoms with Gasteiger partial charge in [-0.2, -0.15) is 0 Å². The minimum Gasteiger partial charge on any atom is -0.444 e. The molecule has 0 unspecified atom stereocenters. The lowest BCUT2D eigenvalue weighted by Crippen LogP contribution is -2.51. The van der Waals surface area contributed by atoms with Crippen LogP contribution in [0.4, 0.5) is 14.0 Å². The molecule has 8 nitrogen and oxygen atoms in total. The number of halogens is 1. The number of aromatic nitrogens is 1.